The number of fused-ring (bicyclic) bond motifs is 1. The Morgan fingerprint density at radius 1 is 1.25 bits per heavy atom. The molecule has 1 saturated heterocycles. The number of halogens is 1. The molecule has 0 saturated carbocycles. The Hall–Kier alpha value is -2.38. The zero-order chi connectivity index (χ0) is 19.5. The molecule has 4 N–H and O–H groups in total. The van der Waals surface area contributed by atoms with Crippen LogP contribution in [0.15, 0.2) is 53.1 Å². The number of aromatic nitrogens is 2. The molecule has 1 amide bonds. The minimum absolute atomic E-state index is 0.0419. The van der Waals surface area contributed by atoms with Gasteiger partial charge in [0.2, 0.25) is 5.91 Å². The summed E-state index contributed by atoms with van der Waals surface area (Å²) in [6.45, 7) is 1.47. The molecule has 1 aliphatic rings. The van der Waals surface area contributed by atoms with Gasteiger partial charge >= 0.3 is 0 Å². The summed E-state index contributed by atoms with van der Waals surface area (Å²) in [7, 11) is 0. The highest BCUT2D eigenvalue weighted by Crippen LogP contribution is 2.21. The van der Waals surface area contributed by atoms with Crippen LogP contribution in [0.2, 0.25) is 0 Å². The van der Waals surface area contributed by atoms with Crippen LogP contribution >= 0.6 is 15.9 Å². The number of nitrogens with one attached hydrogen (secondary N) is 2. The number of nitrogens with zero attached hydrogens (tertiary/aromatic N) is 2. The Balaban J connectivity index is 1.29. The second kappa shape index (κ2) is 8.32. The molecule has 0 radical (unpaired) electrons. The smallest absolute Gasteiger partial charge is 0.239 e. The quantitative estimate of drug-likeness (QED) is 0.566. The van der Waals surface area contributed by atoms with E-state index in [0.29, 0.717) is 12.5 Å². The number of benzene rings is 2. The number of rotatable bonds is 5. The van der Waals surface area contributed by atoms with Crippen molar-refractivity contribution in [1.29, 1.82) is 0 Å². The van der Waals surface area contributed by atoms with Crippen molar-refractivity contribution in [2.75, 3.05) is 18.4 Å². The third-order valence-electron chi connectivity index (χ3n) is 5.31. The summed E-state index contributed by atoms with van der Waals surface area (Å²) in [5.74, 6) is 0.0419. The van der Waals surface area contributed by atoms with E-state index in [0.717, 1.165) is 52.6 Å². The molecule has 2 heterocycles. The lowest BCUT2D eigenvalue weighted by Crippen LogP contribution is -2.49. The van der Waals surface area contributed by atoms with Crippen molar-refractivity contribution in [3.63, 3.8) is 0 Å². The van der Waals surface area contributed by atoms with Crippen LogP contribution in [-0.4, -0.2) is 46.2 Å². The van der Waals surface area contributed by atoms with Gasteiger partial charge in [-0.15, -0.1) is 0 Å². The molecule has 1 aromatic heterocycles. The third kappa shape index (κ3) is 4.36. The van der Waals surface area contributed by atoms with E-state index in [-0.39, 0.29) is 5.91 Å². The molecule has 4 rings (SSSR count). The largest absolute Gasteiger partial charge is 0.382 e. The number of hydrogen-bond donors (Lipinski definition) is 3. The summed E-state index contributed by atoms with van der Waals surface area (Å²) in [6, 6.07) is 14.0. The SMILES string of the molecule is N[C@H](Cc1ccc(Br)cc1)C(=O)N1CCC(Nc2ccc3cn[nH]c3c2)CC1. The molecule has 7 heteroatoms. The molecule has 6 nitrogen and oxygen atoms in total. The third-order valence-corrected chi connectivity index (χ3v) is 5.83. The van der Waals surface area contributed by atoms with Crippen LogP contribution in [0, 0.1) is 0 Å². The fourth-order valence-electron chi connectivity index (χ4n) is 3.70. The lowest BCUT2D eigenvalue weighted by atomic mass is 10.0. The van der Waals surface area contributed by atoms with Crippen molar-refractivity contribution in [3.8, 4) is 0 Å². The highest BCUT2D eigenvalue weighted by Gasteiger charge is 2.26. The van der Waals surface area contributed by atoms with E-state index in [1.807, 2.05) is 35.4 Å². The molecule has 1 fully saturated rings. The molecule has 0 unspecified atom stereocenters. The van der Waals surface area contributed by atoms with E-state index >= 15 is 0 Å². The summed E-state index contributed by atoms with van der Waals surface area (Å²) in [6.07, 6.45) is 4.21. The van der Waals surface area contributed by atoms with E-state index in [4.69, 9.17) is 5.73 Å². The zero-order valence-corrected chi connectivity index (χ0v) is 17.2. The molecule has 3 aromatic rings. The molecular weight excluding hydrogens is 418 g/mol. The first-order valence-electron chi connectivity index (χ1n) is 9.57. The van der Waals surface area contributed by atoms with Crippen LogP contribution < -0.4 is 11.1 Å². The first kappa shape index (κ1) is 19.0. The van der Waals surface area contributed by atoms with Crippen molar-refractivity contribution >= 4 is 38.4 Å². The zero-order valence-electron chi connectivity index (χ0n) is 15.6. The number of H-pyrrole nitrogens is 1. The Morgan fingerprint density at radius 3 is 2.75 bits per heavy atom. The maximum absolute atomic E-state index is 12.7. The number of aromatic amines is 1. The highest BCUT2D eigenvalue weighted by molar-refractivity contribution is 9.10. The number of likely N-dealkylation sites (tertiary alicyclic amines) is 1. The monoisotopic (exact) mass is 441 g/mol. The molecule has 0 spiro atoms. The summed E-state index contributed by atoms with van der Waals surface area (Å²) >= 11 is 3.42. The predicted molar refractivity (Wildman–Crippen MR) is 115 cm³/mol. The lowest BCUT2D eigenvalue weighted by molar-refractivity contribution is -0.133. The predicted octanol–water partition coefficient (Wildman–Crippen LogP) is 3.30. The standard InChI is InChI=1S/C21H24BrN5O/c22-16-4-1-14(2-5-16)11-19(23)21(28)27-9-7-17(8-10-27)25-18-6-3-15-13-24-26-20(15)12-18/h1-6,12-13,17,19,25H,7-11,23H2,(H,24,26)/t19-/m1/s1. The summed E-state index contributed by atoms with van der Waals surface area (Å²) in [5, 5.41) is 11.7. The average molecular weight is 442 g/mol. The number of carbonyl (C=O) groups is 1. The van der Waals surface area contributed by atoms with E-state index in [9.17, 15) is 4.79 Å². The number of nitrogens with two attached hydrogens (primary N) is 1. The maximum atomic E-state index is 12.7. The van der Waals surface area contributed by atoms with Crippen molar-refractivity contribution in [2.24, 2.45) is 5.73 Å². The van der Waals surface area contributed by atoms with Gasteiger partial charge < -0.3 is 16.0 Å². The van der Waals surface area contributed by atoms with Crippen LogP contribution in [0.3, 0.4) is 0 Å². The Morgan fingerprint density at radius 2 is 2.00 bits per heavy atom. The van der Waals surface area contributed by atoms with E-state index in [1.54, 1.807) is 0 Å². The topological polar surface area (TPSA) is 87.0 Å². The van der Waals surface area contributed by atoms with E-state index in [2.05, 4.69) is 49.6 Å². The number of hydrogen-bond acceptors (Lipinski definition) is 4. The van der Waals surface area contributed by atoms with Gasteiger partial charge in [-0.05, 0) is 55.2 Å². The molecule has 0 bridgehead atoms. The second-order valence-corrected chi connectivity index (χ2v) is 8.27. The fraction of sp³-hybridized carbons (Fsp3) is 0.333. The van der Waals surface area contributed by atoms with Gasteiger partial charge in [0.15, 0.2) is 0 Å². The van der Waals surface area contributed by atoms with Crippen molar-refractivity contribution < 1.29 is 4.79 Å². The molecule has 2 aromatic carbocycles. The van der Waals surface area contributed by atoms with E-state index in [1.165, 1.54) is 0 Å². The first-order chi connectivity index (χ1) is 13.6. The Bertz CT molecular complexity index is 947. The van der Waals surface area contributed by atoms with Crippen molar-refractivity contribution in [3.05, 3.63) is 58.7 Å². The number of carbonyl (C=O) groups excluding carboxylic acids is 1. The molecule has 1 atom stereocenters. The summed E-state index contributed by atoms with van der Waals surface area (Å²) < 4.78 is 1.03. The highest BCUT2D eigenvalue weighted by atomic mass is 79.9. The van der Waals surface area contributed by atoms with Crippen LogP contribution in [0.1, 0.15) is 18.4 Å². The minimum atomic E-state index is -0.492. The molecule has 146 valence electrons. The van der Waals surface area contributed by atoms with Gasteiger partial charge in [0.25, 0.3) is 0 Å². The van der Waals surface area contributed by atoms with Gasteiger partial charge in [-0.2, -0.15) is 5.10 Å². The average Bonchev–Trinajstić information content (AvgIpc) is 3.17. The van der Waals surface area contributed by atoms with E-state index < -0.39 is 6.04 Å². The Kier molecular flexibility index (Phi) is 5.64. The second-order valence-electron chi connectivity index (χ2n) is 7.35. The number of amides is 1. The molecule has 28 heavy (non-hydrogen) atoms. The summed E-state index contributed by atoms with van der Waals surface area (Å²) in [5.41, 5.74) is 9.37. The molecule has 1 aliphatic heterocycles. The van der Waals surface area contributed by atoms with Crippen molar-refractivity contribution in [1.82, 2.24) is 15.1 Å². The summed E-state index contributed by atoms with van der Waals surface area (Å²) in [4.78, 5) is 14.6. The van der Waals surface area contributed by atoms with Crippen LogP contribution in [0.5, 0.6) is 0 Å². The van der Waals surface area contributed by atoms with Crippen LogP contribution in [0.4, 0.5) is 5.69 Å². The first-order valence-corrected chi connectivity index (χ1v) is 10.4. The van der Waals surface area contributed by atoms with Gasteiger partial charge in [-0.3, -0.25) is 9.89 Å². The van der Waals surface area contributed by atoms with Crippen LogP contribution in [-0.2, 0) is 11.2 Å². The normalized spacial score (nSPS) is 16.3. The van der Waals surface area contributed by atoms with Gasteiger partial charge in [-0.1, -0.05) is 28.1 Å². The van der Waals surface area contributed by atoms with Gasteiger partial charge in [0, 0.05) is 34.7 Å². The van der Waals surface area contributed by atoms with Gasteiger partial charge in [0.05, 0.1) is 17.8 Å². The fourth-order valence-corrected chi connectivity index (χ4v) is 3.97. The minimum Gasteiger partial charge on any atom is -0.382 e. The molecule has 0 aliphatic carbocycles. The van der Waals surface area contributed by atoms with Gasteiger partial charge in [0.1, 0.15) is 0 Å². The van der Waals surface area contributed by atoms with Crippen LogP contribution in [0.25, 0.3) is 10.9 Å². The number of piperidine rings is 1. The molecular formula is C21H24BrN5O. The maximum Gasteiger partial charge on any atom is 0.239 e. The van der Waals surface area contributed by atoms with Crippen molar-refractivity contribution in [2.45, 2.75) is 31.3 Å². The Labute approximate surface area is 172 Å². The number of anilines is 1. The lowest BCUT2D eigenvalue weighted by Gasteiger charge is -2.34. The van der Waals surface area contributed by atoms with Gasteiger partial charge in [-0.25, -0.2) is 0 Å².